The molecule has 0 fully saturated rings. The summed E-state index contributed by atoms with van der Waals surface area (Å²) >= 11 is 8.86. The second-order valence-electron chi connectivity index (χ2n) is 4.01. The van der Waals surface area contributed by atoms with E-state index >= 15 is 0 Å². The van der Waals surface area contributed by atoms with Crippen LogP contribution < -0.4 is 4.74 Å². The van der Waals surface area contributed by atoms with E-state index in [4.69, 9.17) is 16.3 Å². The normalized spacial score (nSPS) is 10.6. The average molecular weight is 384 g/mol. The fourth-order valence-electron chi connectivity index (χ4n) is 1.53. The molecule has 2 rings (SSSR count). The van der Waals surface area contributed by atoms with E-state index in [0.717, 1.165) is 6.08 Å². The quantitative estimate of drug-likeness (QED) is 0.262. The van der Waals surface area contributed by atoms with Crippen molar-refractivity contribution in [2.75, 3.05) is 0 Å². The average Bonchev–Trinajstić information content (AvgIpc) is 2.48. The first-order valence-electron chi connectivity index (χ1n) is 5.91. The Balaban J connectivity index is 2.12. The van der Waals surface area contributed by atoms with Crippen LogP contribution in [0.25, 0.3) is 6.08 Å². The third kappa shape index (κ3) is 4.12. The predicted octanol–water partition coefficient (Wildman–Crippen LogP) is 4.02. The summed E-state index contributed by atoms with van der Waals surface area (Å²) in [6.45, 7) is 0. The van der Waals surface area contributed by atoms with Crippen molar-refractivity contribution in [3.8, 4) is 5.75 Å². The molecule has 22 heavy (non-hydrogen) atoms. The molecule has 0 bridgehead atoms. The molecule has 2 aromatic rings. The number of rotatable bonds is 4. The highest BCUT2D eigenvalue weighted by Crippen LogP contribution is 2.25. The Labute approximate surface area is 138 Å². The smallest absolute Gasteiger partial charge is 0.336 e. The Hall–Kier alpha value is -2.25. The number of ether oxygens (including phenoxy) is 1. The number of benzene rings is 1. The molecular weight excluding hydrogens is 376 g/mol. The van der Waals surface area contributed by atoms with Gasteiger partial charge in [-0.1, -0.05) is 17.7 Å². The van der Waals surface area contributed by atoms with Gasteiger partial charge in [0.25, 0.3) is 5.69 Å². The molecule has 0 aliphatic carbocycles. The zero-order valence-corrected chi connectivity index (χ0v) is 13.2. The fourth-order valence-corrected chi connectivity index (χ4v) is 2.05. The fraction of sp³-hybridized carbons (Fsp3) is 0. The predicted molar refractivity (Wildman–Crippen MR) is 84.7 cm³/mol. The summed E-state index contributed by atoms with van der Waals surface area (Å²) < 4.78 is 5.47. The van der Waals surface area contributed by atoms with E-state index < -0.39 is 10.9 Å². The molecule has 0 atom stereocenters. The van der Waals surface area contributed by atoms with Gasteiger partial charge in [-0.05, 0) is 45.8 Å². The monoisotopic (exact) mass is 382 g/mol. The van der Waals surface area contributed by atoms with Gasteiger partial charge in [0.1, 0.15) is 9.63 Å². The molecule has 0 aliphatic rings. The van der Waals surface area contributed by atoms with Crippen molar-refractivity contribution >= 4 is 45.3 Å². The summed E-state index contributed by atoms with van der Waals surface area (Å²) in [5.41, 5.74) is 0.227. The minimum absolute atomic E-state index is 0.0315. The molecule has 0 radical (unpaired) electrons. The summed E-state index contributed by atoms with van der Waals surface area (Å²) in [7, 11) is 0. The lowest BCUT2D eigenvalue weighted by molar-refractivity contribution is -0.384. The maximum atomic E-state index is 11.7. The van der Waals surface area contributed by atoms with Crippen LogP contribution in [-0.2, 0) is 4.79 Å². The lowest BCUT2D eigenvalue weighted by atomic mass is 10.2. The molecule has 1 aromatic carbocycles. The van der Waals surface area contributed by atoms with Crippen LogP contribution in [0.4, 0.5) is 5.69 Å². The van der Waals surface area contributed by atoms with E-state index in [1.54, 1.807) is 24.4 Å². The van der Waals surface area contributed by atoms with Crippen molar-refractivity contribution in [2.45, 2.75) is 0 Å². The van der Waals surface area contributed by atoms with Gasteiger partial charge in [0.2, 0.25) is 0 Å². The molecule has 112 valence electrons. The van der Waals surface area contributed by atoms with Gasteiger partial charge in [0.05, 0.1) is 4.92 Å². The number of nitro benzene ring substituents is 1. The van der Waals surface area contributed by atoms with Crippen molar-refractivity contribution in [1.29, 1.82) is 0 Å². The summed E-state index contributed by atoms with van der Waals surface area (Å²) in [6.07, 6.45) is 4.10. The van der Waals surface area contributed by atoms with Crippen LogP contribution >= 0.6 is 27.5 Å². The lowest BCUT2D eigenvalue weighted by Gasteiger charge is -2.02. The summed E-state index contributed by atoms with van der Waals surface area (Å²) in [6, 6.07) is 7.42. The second-order valence-corrected chi connectivity index (χ2v) is 5.17. The number of esters is 1. The minimum Gasteiger partial charge on any atom is -0.420 e. The molecule has 0 saturated heterocycles. The van der Waals surface area contributed by atoms with Crippen LogP contribution in [0.3, 0.4) is 0 Å². The topological polar surface area (TPSA) is 82.3 Å². The van der Waals surface area contributed by atoms with Crippen LogP contribution in [0.5, 0.6) is 5.75 Å². The SMILES string of the molecule is O=C(/C=C/c1ccc(Cl)c([N+](=O)[O-])c1)Oc1cccnc1Br. The van der Waals surface area contributed by atoms with Crippen LogP contribution in [0.15, 0.2) is 47.2 Å². The third-order valence-electron chi connectivity index (χ3n) is 2.51. The molecule has 8 heteroatoms. The molecule has 0 saturated carbocycles. The highest BCUT2D eigenvalue weighted by atomic mass is 79.9. The Morgan fingerprint density at radius 1 is 1.41 bits per heavy atom. The number of hydrogen-bond acceptors (Lipinski definition) is 5. The molecule has 0 N–H and O–H groups in total. The highest BCUT2D eigenvalue weighted by Gasteiger charge is 2.12. The van der Waals surface area contributed by atoms with Gasteiger partial charge in [-0.3, -0.25) is 10.1 Å². The van der Waals surface area contributed by atoms with Crippen molar-refractivity contribution in [1.82, 2.24) is 4.98 Å². The number of halogens is 2. The number of pyridine rings is 1. The van der Waals surface area contributed by atoms with Crippen LogP contribution in [0, 0.1) is 10.1 Å². The third-order valence-corrected chi connectivity index (χ3v) is 3.43. The van der Waals surface area contributed by atoms with Crippen molar-refractivity contribution < 1.29 is 14.5 Å². The summed E-state index contributed by atoms with van der Waals surface area (Å²) in [5.74, 6) is -0.356. The van der Waals surface area contributed by atoms with Gasteiger partial charge in [-0.2, -0.15) is 0 Å². The lowest BCUT2D eigenvalue weighted by Crippen LogP contribution is -2.04. The number of nitrogens with zero attached hydrogens (tertiary/aromatic N) is 2. The van der Waals surface area contributed by atoms with Crippen molar-refractivity contribution in [3.05, 3.63) is 67.9 Å². The first-order chi connectivity index (χ1) is 10.5. The number of nitro groups is 1. The van der Waals surface area contributed by atoms with E-state index in [-0.39, 0.29) is 16.5 Å². The van der Waals surface area contributed by atoms with E-state index in [0.29, 0.717) is 10.2 Å². The maximum Gasteiger partial charge on any atom is 0.336 e. The van der Waals surface area contributed by atoms with Crippen molar-refractivity contribution in [3.63, 3.8) is 0 Å². The Bertz CT molecular complexity index is 764. The van der Waals surface area contributed by atoms with E-state index in [9.17, 15) is 14.9 Å². The summed E-state index contributed by atoms with van der Waals surface area (Å²) in [5, 5.41) is 10.8. The van der Waals surface area contributed by atoms with Gasteiger partial charge < -0.3 is 4.74 Å². The standard InChI is InChI=1S/C14H8BrClN2O4/c15-14-12(2-1-7-17-14)22-13(19)6-4-9-3-5-10(16)11(8-9)18(20)21/h1-8H/b6-4+. The van der Waals surface area contributed by atoms with Gasteiger partial charge in [-0.25, -0.2) is 9.78 Å². The number of carbonyl (C=O) groups is 1. The van der Waals surface area contributed by atoms with Crippen LogP contribution in [-0.4, -0.2) is 15.9 Å². The molecule has 1 heterocycles. The van der Waals surface area contributed by atoms with Crippen LogP contribution in [0.2, 0.25) is 5.02 Å². The first-order valence-corrected chi connectivity index (χ1v) is 7.09. The zero-order chi connectivity index (χ0) is 16.1. The van der Waals surface area contributed by atoms with Crippen LogP contribution in [0.1, 0.15) is 5.56 Å². The number of hydrogen-bond donors (Lipinski definition) is 0. The minimum atomic E-state index is -0.633. The maximum absolute atomic E-state index is 11.7. The molecule has 0 amide bonds. The Morgan fingerprint density at radius 3 is 2.86 bits per heavy atom. The Kier molecular flexibility index (Phi) is 5.24. The molecular formula is C14H8BrClN2O4. The van der Waals surface area contributed by atoms with Gasteiger partial charge in [-0.15, -0.1) is 0 Å². The van der Waals surface area contributed by atoms with Gasteiger partial charge >= 0.3 is 5.97 Å². The Morgan fingerprint density at radius 2 is 2.18 bits per heavy atom. The number of aromatic nitrogens is 1. The number of carbonyl (C=O) groups excluding carboxylic acids is 1. The highest BCUT2D eigenvalue weighted by molar-refractivity contribution is 9.10. The molecule has 0 unspecified atom stereocenters. The van der Waals surface area contributed by atoms with E-state index in [2.05, 4.69) is 20.9 Å². The molecule has 0 aliphatic heterocycles. The summed E-state index contributed by atoms with van der Waals surface area (Å²) in [4.78, 5) is 25.8. The molecule has 0 spiro atoms. The van der Waals surface area contributed by atoms with E-state index in [1.165, 1.54) is 18.2 Å². The largest absolute Gasteiger partial charge is 0.420 e. The molecule has 6 nitrogen and oxygen atoms in total. The van der Waals surface area contributed by atoms with E-state index in [1.807, 2.05) is 0 Å². The first kappa shape index (κ1) is 16.1. The zero-order valence-electron chi connectivity index (χ0n) is 10.9. The van der Waals surface area contributed by atoms with Gasteiger partial charge in [0, 0.05) is 18.3 Å². The van der Waals surface area contributed by atoms with Gasteiger partial charge in [0.15, 0.2) is 5.75 Å². The van der Waals surface area contributed by atoms with Crippen molar-refractivity contribution in [2.24, 2.45) is 0 Å². The molecule has 1 aromatic heterocycles. The second kappa shape index (κ2) is 7.15.